The number of amides is 1. The second-order valence-corrected chi connectivity index (χ2v) is 4.50. The molecule has 0 aliphatic carbocycles. The molecule has 0 saturated heterocycles. The van der Waals surface area contributed by atoms with E-state index in [1.54, 1.807) is 52.6 Å². The predicted octanol–water partition coefficient (Wildman–Crippen LogP) is 0.806. The number of aromatic nitrogens is 6. The lowest BCUT2D eigenvalue weighted by molar-refractivity contribution is -0.116. The normalized spacial score (nSPS) is 10.5. The standard InChI is InChI=1S/C13H13N7O/c1-10-6-16-19(8-10)9-13(21)17-11-7-14-3-2-12(11)20-5-4-15-18-20/h2-8H,9H2,1H3,(H,17,21). The number of rotatable bonds is 4. The van der Waals surface area contributed by atoms with Crippen LogP contribution in [-0.4, -0.2) is 35.7 Å². The first-order valence-electron chi connectivity index (χ1n) is 6.32. The van der Waals surface area contributed by atoms with Gasteiger partial charge in [0.25, 0.3) is 0 Å². The minimum atomic E-state index is -0.188. The maximum Gasteiger partial charge on any atom is 0.246 e. The van der Waals surface area contributed by atoms with Gasteiger partial charge in [0, 0.05) is 12.4 Å². The highest BCUT2D eigenvalue weighted by Crippen LogP contribution is 2.17. The van der Waals surface area contributed by atoms with Crippen molar-refractivity contribution in [3.05, 3.63) is 48.8 Å². The van der Waals surface area contributed by atoms with Crippen molar-refractivity contribution in [2.75, 3.05) is 5.32 Å². The average molecular weight is 283 g/mol. The van der Waals surface area contributed by atoms with Crippen LogP contribution < -0.4 is 5.32 Å². The SMILES string of the molecule is Cc1cnn(CC(=O)Nc2cnccc2-n2ccnn2)c1. The van der Waals surface area contributed by atoms with Crippen molar-refractivity contribution in [2.24, 2.45) is 0 Å². The van der Waals surface area contributed by atoms with Crippen LogP contribution in [0.2, 0.25) is 0 Å². The first-order chi connectivity index (χ1) is 10.2. The summed E-state index contributed by atoms with van der Waals surface area (Å²) in [6.45, 7) is 2.06. The first kappa shape index (κ1) is 13.0. The molecular weight excluding hydrogens is 270 g/mol. The lowest BCUT2D eigenvalue weighted by Gasteiger charge is -2.09. The van der Waals surface area contributed by atoms with Crippen LogP contribution in [0.3, 0.4) is 0 Å². The van der Waals surface area contributed by atoms with Crippen LogP contribution in [0.15, 0.2) is 43.2 Å². The highest BCUT2D eigenvalue weighted by atomic mass is 16.2. The monoisotopic (exact) mass is 283 g/mol. The van der Waals surface area contributed by atoms with E-state index in [-0.39, 0.29) is 12.5 Å². The van der Waals surface area contributed by atoms with Crippen molar-refractivity contribution in [2.45, 2.75) is 13.5 Å². The van der Waals surface area contributed by atoms with Gasteiger partial charge in [-0.15, -0.1) is 5.10 Å². The molecule has 0 unspecified atom stereocenters. The first-order valence-corrected chi connectivity index (χ1v) is 6.32. The Morgan fingerprint density at radius 1 is 1.33 bits per heavy atom. The van der Waals surface area contributed by atoms with Gasteiger partial charge in [-0.05, 0) is 18.6 Å². The third-order valence-electron chi connectivity index (χ3n) is 2.81. The largest absolute Gasteiger partial charge is 0.321 e. The van der Waals surface area contributed by atoms with E-state index in [1.165, 1.54) is 0 Å². The van der Waals surface area contributed by atoms with Gasteiger partial charge in [-0.1, -0.05) is 5.21 Å². The molecule has 21 heavy (non-hydrogen) atoms. The Labute approximate surface area is 120 Å². The molecule has 0 spiro atoms. The summed E-state index contributed by atoms with van der Waals surface area (Å²) in [5.41, 5.74) is 2.27. The van der Waals surface area contributed by atoms with Crippen LogP contribution in [-0.2, 0) is 11.3 Å². The zero-order chi connectivity index (χ0) is 14.7. The Bertz CT molecular complexity index is 747. The Kier molecular flexibility index (Phi) is 3.42. The zero-order valence-corrected chi connectivity index (χ0v) is 11.3. The molecule has 8 nitrogen and oxygen atoms in total. The van der Waals surface area contributed by atoms with Crippen LogP contribution in [0, 0.1) is 6.92 Å². The summed E-state index contributed by atoms with van der Waals surface area (Å²) in [5, 5.41) is 14.6. The number of carbonyl (C=O) groups excluding carboxylic acids is 1. The van der Waals surface area contributed by atoms with E-state index in [0.29, 0.717) is 11.4 Å². The van der Waals surface area contributed by atoms with Crippen molar-refractivity contribution in [3.63, 3.8) is 0 Å². The number of pyridine rings is 1. The number of anilines is 1. The van der Waals surface area contributed by atoms with Crippen LogP contribution in [0.4, 0.5) is 5.69 Å². The molecule has 0 fully saturated rings. The molecule has 0 radical (unpaired) electrons. The summed E-state index contributed by atoms with van der Waals surface area (Å²) in [5.74, 6) is -0.188. The number of hydrogen-bond acceptors (Lipinski definition) is 5. The predicted molar refractivity (Wildman–Crippen MR) is 74.7 cm³/mol. The van der Waals surface area contributed by atoms with Gasteiger partial charge in [-0.3, -0.25) is 14.5 Å². The fourth-order valence-corrected chi connectivity index (χ4v) is 1.91. The lowest BCUT2D eigenvalue weighted by Crippen LogP contribution is -2.20. The van der Waals surface area contributed by atoms with Gasteiger partial charge in [0.1, 0.15) is 6.54 Å². The van der Waals surface area contributed by atoms with E-state index >= 15 is 0 Å². The summed E-state index contributed by atoms with van der Waals surface area (Å²) >= 11 is 0. The highest BCUT2D eigenvalue weighted by Gasteiger charge is 2.10. The van der Waals surface area contributed by atoms with E-state index in [0.717, 1.165) is 5.56 Å². The topological polar surface area (TPSA) is 90.5 Å². The van der Waals surface area contributed by atoms with Crippen molar-refractivity contribution >= 4 is 11.6 Å². The van der Waals surface area contributed by atoms with Crippen molar-refractivity contribution in [1.82, 2.24) is 29.8 Å². The fraction of sp³-hybridized carbons (Fsp3) is 0.154. The number of hydrogen-bond donors (Lipinski definition) is 1. The molecule has 0 aliphatic rings. The van der Waals surface area contributed by atoms with Gasteiger partial charge in [0.2, 0.25) is 5.91 Å². The molecule has 1 N–H and O–H groups in total. The quantitative estimate of drug-likeness (QED) is 0.765. The Balaban J connectivity index is 1.77. The third kappa shape index (κ3) is 2.94. The molecular formula is C13H13N7O. The van der Waals surface area contributed by atoms with Crippen LogP contribution in [0.25, 0.3) is 5.69 Å². The highest BCUT2D eigenvalue weighted by molar-refractivity contribution is 5.92. The van der Waals surface area contributed by atoms with Gasteiger partial charge in [0.05, 0.1) is 36.2 Å². The maximum atomic E-state index is 12.1. The van der Waals surface area contributed by atoms with Gasteiger partial charge in [0.15, 0.2) is 0 Å². The second-order valence-electron chi connectivity index (χ2n) is 4.50. The molecule has 0 aromatic carbocycles. The Morgan fingerprint density at radius 3 is 2.95 bits per heavy atom. The van der Waals surface area contributed by atoms with Crippen molar-refractivity contribution < 1.29 is 4.79 Å². The molecule has 0 bridgehead atoms. The summed E-state index contributed by atoms with van der Waals surface area (Å²) in [6.07, 6.45) is 9.98. The summed E-state index contributed by atoms with van der Waals surface area (Å²) in [7, 11) is 0. The van der Waals surface area contributed by atoms with E-state index in [1.807, 2.05) is 6.92 Å². The van der Waals surface area contributed by atoms with E-state index in [4.69, 9.17) is 0 Å². The molecule has 0 atom stereocenters. The molecule has 3 rings (SSSR count). The van der Waals surface area contributed by atoms with E-state index < -0.39 is 0 Å². The van der Waals surface area contributed by atoms with Crippen LogP contribution in [0.1, 0.15) is 5.56 Å². The Hall–Kier alpha value is -3.03. The number of nitrogens with one attached hydrogen (secondary N) is 1. The third-order valence-corrected chi connectivity index (χ3v) is 2.81. The minimum Gasteiger partial charge on any atom is -0.321 e. The van der Waals surface area contributed by atoms with Crippen molar-refractivity contribution in [3.8, 4) is 5.69 Å². The molecule has 1 amide bonds. The van der Waals surface area contributed by atoms with Crippen molar-refractivity contribution in [1.29, 1.82) is 0 Å². The molecule has 106 valence electrons. The second kappa shape index (κ2) is 5.53. The Morgan fingerprint density at radius 2 is 2.24 bits per heavy atom. The number of aryl methyl sites for hydroxylation is 1. The van der Waals surface area contributed by atoms with E-state index in [9.17, 15) is 4.79 Å². The molecule has 3 heterocycles. The smallest absolute Gasteiger partial charge is 0.246 e. The summed E-state index contributed by atoms with van der Waals surface area (Å²) < 4.78 is 3.14. The molecule has 3 aromatic heterocycles. The van der Waals surface area contributed by atoms with Crippen LogP contribution in [0.5, 0.6) is 0 Å². The van der Waals surface area contributed by atoms with Gasteiger partial charge < -0.3 is 5.32 Å². The molecule has 0 aliphatic heterocycles. The molecule has 0 saturated carbocycles. The summed E-state index contributed by atoms with van der Waals surface area (Å²) in [6, 6.07) is 1.75. The minimum absolute atomic E-state index is 0.138. The molecule has 8 heteroatoms. The summed E-state index contributed by atoms with van der Waals surface area (Å²) in [4.78, 5) is 16.1. The molecule has 3 aromatic rings. The fourth-order valence-electron chi connectivity index (χ4n) is 1.91. The average Bonchev–Trinajstić information content (AvgIpc) is 3.11. The van der Waals surface area contributed by atoms with Crippen LogP contribution >= 0.6 is 0 Å². The van der Waals surface area contributed by atoms with E-state index in [2.05, 4.69) is 25.7 Å². The van der Waals surface area contributed by atoms with Gasteiger partial charge in [-0.2, -0.15) is 5.10 Å². The number of carbonyl (C=O) groups is 1. The van der Waals surface area contributed by atoms with Gasteiger partial charge in [-0.25, -0.2) is 4.68 Å². The zero-order valence-electron chi connectivity index (χ0n) is 11.3. The maximum absolute atomic E-state index is 12.1. The number of nitrogens with zero attached hydrogens (tertiary/aromatic N) is 6. The lowest BCUT2D eigenvalue weighted by atomic mass is 10.3. The van der Waals surface area contributed by atoms with Gasteiger partial charge >= 0.3 is 0 Å².